The zero-order chi connectivity index (χ0) is 23.1. The average Bonchev–Trinajstić information content (AvgIpc) is 2.76. The first-order chi connectivity index (χ1) is 15.4. The largest absolute Gasteiger partial charge is 0.491 e. The maximum atomic E-state index is 11.6. The number of nitrogens with zero attached hydrogens (tertiary/aromatic N) is 1. The molecular formula is C23H26I4N2O3. The summed E-state index contributed by atoms with van der Waals surface area (Å²) in [7, 11) is 1.43. The van der Waals surface area contributed by atoms with Gasteiger partial charge in [-0.1, -0.05) is 0 Å². The summed E-state index contributed by atoms with van der Waals surface area (Å²) < 4.78 is 15.6. The van der Waals surface area contributed by atoms with Gasteiger partial charge < -0.3 is 19.7 Å². The lowest BCUT2D eigenvalue weighted by atomic mass is 10.0. The Hall–Kier alpha value is 0.550. The van der Waals surface area contributed by atoms with Crippen LogP contribution >= 0.6 is 90.4 Å². The predicted molar refractivity (Wildman–Crippen MR) is 162 cm³/mol. The van der Waals surface area contributed by atoms with E-state index >= 15 is 0 Å². The number of piperazine rings is 1. The normalized spacial score (nSPS) is 14.4. The molecule has 2 aromatic rings. The molecule has 1 saturated heterocycles. The highest BCUT2D eigenvalue weighted by Gasteiger charge is 2.15. The number of carbonyl (C=O) groups is 1. The molecule has 1 fully saturated rings. The zero-order valence-electron chi connectivity index (χ0n) is 17.9. The van der Waals surface area contributed by atoms with E-state index in [4.69, 9.17) is 9.47 Å². The van der Waals surface area contributed by atoms with E-state index in [-0.39, 0.29) is 5.97 Å². The summed E-state index contributed by atoms with van der Waals surface area (Å²) in [6.07, 6.45) is 2.20. The van der Waals surface area contributed by atoms with Crippen LogP contribution in [0.2, 0.25) is 0 Å². The van der Waals surface area contributed by atoms with Gasteiger partial charge in [0.1, 0.15) is 5.75 Å². The molecule has 0 saturated carbocycles. The summed E-state index contributed by atoms with van der Waals surface area (Å²) >= 11 is 9.51. The fraction of sp³-hybridized carbons (Fsp3) is 0.435. The second-order valence-electron chi connectivity index (χ2n) is 7.65. The minimum Gasteiger partial charge on any atom is -0.491 e. The van der Waals surface area contributed by atoms with Crippen molar-refractivity contribution in [3.63, 3.8) is 0 Å². The van der Waals surface area contributed by atoms with Gasteiger partial charge in [-0.05, 0) is 144 Å². The fourth-order valence-corrected chi connectivity index (χ4v) is 8.11. The average molecular weight is 886 g/mol. The first-order valence-electron chi connectivity index (χ1n) is 10.4. The molecular weight excluding hydrogens is 860 g/mol. The van der Waals surface area contributed by atoms with Gasteiger partial charge in [-0.25, -0.2) is 0 Å². The minimum absolute atomic E-state index is 0.211. The SMILES string of the molecule is COC(=O)Cc1cc(I)c(Cc2cc(I)c(OCCCN3CCNCC3)c(I)c2)c(I)c1. The number of hydrogen-bond donors (Lipinski definition) is 1. The molecule has 0 unspecified atom stereocenters. The van der Waals surface area contributed by atoms with Crippen LogP contribution in [0.1, 0.15) is 23.1 Å². The zero-order valence-corrected chi connectivity index (χ0v) is 26.5. The Labute approximate surface area is 244 Å². The monoisotopic (exact) mass is 886 g/mol. The lowest BCUT2D eigenvalue weighted by Gasteiger charge is -2.27. The topological polar surface area (TPSA) is 50.8 Å². The second kappa shape index (κ2) is 13.6. The van der Waals surface area contributed by atoms with Crippen LogP contribution in [0, 0.1) is 14.3 Å². The third-order valence-corrected chi connectivity index (χ3v) is 8.82. The molecule has 0 aliphatic carbocycles. The van der Waals surface area contributed by atoms with Gasteiger partial charge in [-0.15, -0.1) is 0 Å². The van der Waals surface area contributed by atoms with Crippen LogP contribution in [0.15, 0.2) is 24.3 Å². The van der Waals surface area contributed by atoms with Crippen LogP contribution in [0.3, 0.4) is 0 Å². The van der Waals surface area contributed by atoms with Gasteiger partial charge in [0, 0.05) is 39.9 Å². The van der Waals surface area contributed by atoms with E-state index in [9.17, 15) is 4.79 Å². The molecule has 0 radical (unpaired) electrons. The summed E-state index contributed by atoms with van der Waals surface area (Å²) in [5.41, 5.74) is 3.54. The first kappa shape index (κ1) is 27.1. The molecule has 1 aliphatic heterocycles. The molecule has 0 atom stereocenters. The molecule has 1 N–H and O–H groups in total. The molecule has 174 valence electrons. The number of ether oxygens (including phenoxy) is 2. The van der Waals surface area contributed by atoms with Gasteiger partial charge in [0.05, 0.1) is 27.3 Å². The minimum atomic E-state index is -0.211. The Morgan fingerprint density at radius 2 is 1.56 bits per heavy atom. The lowest BCUT2D eigenvalue weighted by Crippen LogP contribution is -2.44. The molecule has 32 heavy (non-hydrogen) atoms. The van der Waals surface area contributed by atoms with E-state index in [1.165, 1.54) is 25.4 Å². The Bertz CT molecular complexity index is 903. The van der Waals surface area contributed by atoms with E-state index in [0.29, 0.717) is 6.42 Å². The smallest absolute Gasteiger partial charge is 0.309 e. The van der Waals surface area contributed by atoms with Gasteiger partial charge >= 0.3 is 5.97 Å². The summed E-state index contributed by atoms with van der Waals surface area (Å²) in [6.45, 7) is 6.27. The molecule has 2 aromatic carbocycles. The number of carbonyl (C=O) groups excluding carboxylic acids is 1. The van der Waals surface area contributed by atoms with E-state index in [2.05, 4.69) is 125 Å². The predicted octanol–water partition coefficient (Wildman–Crippen LogP) is 5.09. The van der Waals surface area contributed by atoms with E-state index in [1.54, 1.807) is 0 Å². The maximum absolute atomic E-state index is 11.6. The number of rotatable bonds is 9. The quantitative estimate of drug-likeness (QED) is 0.217. The number of halogens is 4. The Morgan fingerprint density at radius 3 is 2.16 bits per heavy atom. The Balaban J connectivity index is 1.62. The Kier molecular flexibility index (Phi) is 11.5. The van der Waals surface area contributed by atoms with E-state index in [0.717, 1.165) is 70.6 Å². The second-order valence-corrected chi connectivity index (χ2v) is 12.3. The number of benzene rings is 2. The van der Waals surface area contributed by atoms with Crippen molar-refractivity contribution in [2.24, 2.45) is 0 Å². The van der Waals surface area contributed by atoms with Gasteiger partial charge in [0.2, 0.25) is 0 Å². The lowest BCUT2D eigenvalue weighted by molar-refractivity contribution is -0.139. The molecule has 0 amide bonds. The van der Waals surface area contributed by atoms with Crippen LogP contribution in [0.25, 0.3) is 0 Å². The molecule has 1 heterocycles. The summed E-state index contributed by atoms with van der Waals surface area (Å²) in [6, 6.07) is 8.62. The molecule has 0 bridgehead atoms. The van der Waals surface area contributed by atoms with Crippen molar-refractivity contribution >= 4 is 96.3 Å². The maximum Gasteiger partial charge on any atom is 0.309 e. The molecule has 1 aliphatic rings. The van der Waals surface area contributed by atoms with Crippen molar-refractivity contribution in [3.8, 4) is 5.75 Å². The summed E-state index contributed by atoms with van der Waals surface area (Å²) in [4.78, 5) is 14.1. The van der Waals surface area contributed by atoms with Crippen molar-refractivity contribution in [2.75, 3.05) is 46.4 Å². The van der Waals surface area contributed by atoms with Crippen LogP contribution < -0.4 is 10.1 Å². The van der Waals surface area contributed by atoms with Gasteiger partial charge in [-0.3, -0.25) is 4.79 Å². The van der Waals surface area contributed by atoms with Crippen LogP contribution in [0.5, 0.6) is 5.75 Å². The highest BCUT2D eigenvalue weighted by atomic mass is 127. The van der Waals surface area contributed by atoms with E-state index < -0.39 is 0 Å². The van der Waals surface area contributed by atoms with Crippen molar-refractivity contribution in [1.82, 2.24) is 10.2 Å². The van der Waals surface area contributed by atoms with Crippen LogP contribution in [-0.2, 0) is 22.4 Å². The van der Waals surface area contributed by atoms with Gasteiger partial charge in [0.25, 0.3) is 0 Å². The van der Waals surface area contributed by atoms with E-state index in [1.807, 2.05) is 0 Å². The highest BCUT2D eigenvalue weighted by molar-refractivity contribution is 14.1. The standard InChI is InChI=1S/C23H26I4N2O3/c1-31-22(30)14-16-10-18(24)17(19(25)11-16)9-15-12-20(26)23(21(27)13-15)32-8-2-5-29-6-3-28-4-7-29/h10-13,28H,2-9,14H2,1H3. The molecule has 0 spiro atoms. The van der Waals surface area contributed by atoms with Crippen LogP contribution in [0.4, 0.5) is 0 Å². The van der Waals surface area contributed by atoms with Crippen molar-refractivity contribution in [1.29, 1.82) is 0 Å². The fourth-order valence-electron chi connectivity index (χ4n) is 3.62. The molecule has 5 nitrogen and oxygen atoms in total. The number of esters is 1. The number of hydrogen-bond acceptors (Lipinski definition) is 5. The first-order valence-corrected chi connectivity index (χ1v) is 14.8. The third kappa shape index (κ3) is 8.05. The summed E-state index contributed by atoms with van der Waals surface area (Å²) in [5.74, 6) is 0.782. The summed E-state index contributed by atoms with van der Waals surface area (Å²) in [5, 5.41) is 3.39. The highest BCUT2D eigenvalue weighted by Crippen LogP contribution is 2.32. The van der Waals surface area contributed by atoms with Crippen LogP contribution in [-0.4, -0.2) is 57.3 Å². The van der Waals surface area contributed by atoms with Crippen molar-refractivity contribution in [2.45, 2.75) is 19.3 Å². The molecule has 0 aromatic heterocycles. The molecule has 3 rings (SSSR count). The van der Waals surface area contributed by atoms with Gasteiger partial charge in [-0.2, -0.15) is 0 Å². The third-order valence-electron chi connectivity index (χ3n) is 5.29. The van der Waals surface area contributed by atoms with Crippen molar-refractivity contribution in [3.05, 3.63) is 55.2 Å². The number of nitrogens with one attached hydrogen (secondary N) is 1. The number of methoxy groups -OCH3 is 1. The van der Waals surface area contributed by atoms with Gasteiger partial charge in [0.15, 0.2) is 0 Å². The Morgan fingerprint density at radius 1 is 0.969 bits per heavy atom. The van der Waals surface area contributed by atoms with Crippen molar-refractivity contribution < 1.29 is 14.3 Å². The molecule has 9 heteroatoms.